The molecule has 0 bridgehead atoms. The maximum absolute atomic E-state index is 11.2. The first-order valence-corrected chi connectivity index (χ1v) is 8.19. The molecule has 0 radical (unpaired) electrons. The van der Waals surface area contributed by atoms with E-state index in [1.165, 1.54) is 39.8 Å². The Bertz CT molecular complexity index is 819. The average molecular weight is 378 g/mol. The highest BCUT2D eigenvalue weighted by molar-refractivity contribution is 7.14. The average Bonchev–Trinajstić information content (AvgIpc) is 3.11. The van der Waals surface area contributed by atoms with Crippen molar-refractivity contribution in [3.05, 3.63) is 34.7 Å². The predicted molar refractivity (Wildman–Crippen MR) is 98.9 cm³/mol. The zero-order valence-electron chi connectivity index (χ0n) is 14.7. The molecule has 0 saturated heterocycles. The summed E-state index contributed by atoms with van der Waals surface area (Å²) < 4.78 is 15.9. The summed E-state index contributed by atoms with van der Waals surface area (Å²) in [4.78, 5) is 20.1. The first kappa shape index (κ1) is 19.3. The summed E-state index contributed by atoms with van der Waals surface area (Å²) in [5.74, 6) is 0.346. The van der Waals surface area contributed by atoms with Crippen LogP contribution in [-0.4, -0.2) is 51.4 Å². The highest BCUT2D eigenvalue weighted by atomic mass is 32.1. The van der Waals surface area contributed by atoms with Gasteiger partial charge >= 0.3 is 5.97 Å². The molecule has 26 heavy (non-hydrogen) atoms. The fourth-order valence-electron chi connectivity index (χ4n) is 2.14. The Labute approximate surface area is 154 Å². The molecule has 9 heteroatoms. The summed E-state index contributed by atoms with van der Waals surface area (Å²) >= 11 is 1.28. The second-order valence-electron chi connectivity index (χ2n) is 4.82. The summed E-state index contributed by atoms with van der Waals surface area (Å²) in [5.41, 5.74) is 0.970. The standard InChI is InChI=1S/C17H18N2O6S/c1-22-12-5-10(6-13(23-2)16(12)24-3)8-18-14-7-11(9-26-14)15(17(20)21)19-25-4/h5-9H,1-4H3,(H,20,21). The van der Waals surface area contributed by atoms with E-state index in [-0.39, 0.29) is 5.71 Å². The minimum absolute atomic E-state index is 0.182. The van der Waals surface area contributed by atoms with Crippen molar-refractivity contribution in [3.8, 4) is 17.2 Å². The molecule has 8 nitrogen and oxygen atoms in total. The number of hydrogen-bond donors (Lipinski definition) is 1. The van der Waals surface area contributed by atoms with Crippen LogP contribution in [0.5, 0.6) is 17.2 Å². The van der Waals surface area contributed by atoms with Crippen LogP contribution in [0.2, 0.25) is 0 Å². The molecule has 0 unspecified atom stereocenters. The summed E-state index contributed by atoms with van der Waals surface area (Å²) in [6.45, 7) is 0. The SMILES string of the molecule is CON=C(C(=O)O)c1csc(N=Cc2cc(OC)c(OC)c(OC)c2)c1. The molecule has 0 fully saturated rings. The molecule has 0 amide bonds. The molecule has 0 spiro atoms. The largest absolute Gasteiger partial charge is 0.493 e. The monoisotopic (exact) mass is 378 g/mol. The number of aliphatic imine (C=N–C) groups is 1. The number of aliphatic carboxylic acids is 1. The molecule has 2 aromatic rings. The van der Waals surface area contributed by atoms with Crippen LogP contribution in [-0.2, 0) is 9.63 Å². The van der Waals surface area contributed by atoms with Gasteiger partial charge in [-0.15, -0.1) is 11.3 Å². The van der Waals surface area contributed by atoms with Gasteiger partial charge in [-0.3, -0.25) is 0 Å². The molecule has 0 aliphatic rings. The maximum Gasteiger partial charge on any atom is 0.358 e. The minimum Gasteiger partial charge on any atom is -0.493 e. The van der Waals surface area contributed by atoms with Crippen LogP contribution >= 0.6 is 11.3 Å². The summed E-state index contributed by atoms with van der Waals surface area (Å²) in [5, 5.41) is 14.9. The Balaban J connectivity index is 2.31. The number of methoxy groups -OCH3 is 3. The molecule has 0 atom stereocenters. The van der Waals surface area contributed by atoms with Gasteiger partial charge in [0, 0.05) is 22.7 Å². The third kappa shape index (κ3) is 4.31. The third-order valence-corrected chi connectivity index (χ3v) is 4.11. The van der Waals surface area contributed by atoms with E-state index in [1.54, 1.807) is 29.8 Å². The fraction of sp³-hybridized carbons (Fsp3) is 0.235. The summed E-state index contributed by atoms with van der Waals surface area (Å²) in [6.07, 6.45) is 1.62. The van der Waals surface area contributed by atoms with Gasteiger partial charge in [-0.05, 0) is 18.2 Å². The van der Waals surface area contributed by atoms with Crippen molar-refractivity contribution in [1.82, 2.24) is 0 Å². The Morgan fingerprint density at radius 1 is 1.08 bits per heavy atom. The van der Waals surface area contributed by atoms with E-state index in [0.29, 0.717) is 27.8 Å². The van der Waals surface area contributed by atoms with E-state index in [9.17, 15) is 4.79 Å². The van der Waals surface area contributed by atoms with Crippen molar-refractivity contribution in [1.29, 1.82) is 0 Å². The number of nitrogens with zero attached hydrogens (tertiary/aromatic N) is 2. The Morgan fingerprint density at radius 2 is 1.73 bits per heavy atom. The number of rotatable bonds is 8. The number of thiophene rings is 1. The lowest BCUT2D eigenvalue weighted by Crippen LogP contribution is -2.13. The van der Waals surface area contributed by atoms with Gasteiger partial charge in [-0.2, -0.15) is 0 Å². The predicted octanol–water partition coefficient (Wildman–Crippen LogP) is 2.96. The smallest absolute Gasteiger partial charge is 0.358 e. The number of benzene rings is 1. The second kappa shape index (κ2) is 8.86. The molecule has 0 aliphatic heterocycles. The van der Waals surface area contributed by atoms with Crippen LogP contribution in [0, 0.1) is 0 Å². The molecule has 0 aliphatic carbocycles. The van der Waals surface area contributed by atoms with Gasteiger partial charge in [0.1, 0.15) is 12.1 Å². The molecule has 0 saturated carbocycles. The number of ether oxygens (including phenoxy) is 3. The topological polar surface area (TPSA) is 98.9 Å². The Kier molecular flexibility index (Phi) is 6.56. The normalized spacial score (nSPS) is 11.5. The van der Waals surface area contributed by atoms with Gasteiger partial charge in [0.25, 0.3) is 0 Å². The van der Waals surface area contributed by atoms with E-state index in [2.05, 4.69) is 15.0 Å². The van der Waals surface area contributed by atoms with Crippen molar-refractivity contribution in [3.63, 3.8) is 0 Å². The van der Waals surface area contributed by atoms with Crippen LogP contribution in [0.25, 0.3) is 0 Å². The van der Waals surface area contributed by atoms with Gasteiger partial charge < -0.3 is 24.2 Å². The highest BCUT2D eigenvalue weighted by Gasteiger charge is 2.16. The lowest BCUT2D eigenvalue weighted by Gasteiger charge is -2.12. The molecule has 1 aromatic heterocycles. The lowest BCUT2D eigenvalue weighted by molar-refractivity contribution is -0.129. The first-order valence-electron chi connectivity index (χ1n) is 7.31. The first-order chi connectivity index (χ1) is 12.5. The number of hydrogen-bond acceptors (Lipinski definition) is 8. The van der Waals surface area contributed by atoms with Gasteiger partial charge in [-0.25, -0.2) is 9.79 Å². The number of carboxylic acid groups (broad SMARTS) is 1. The summed E-state index contributed by atoms with van der Waals surface area (Å²) in [6, 6.07) is 5.13. The van der Waals surface area contributed by atoms with E-state index in [4.69, 9.17) is 19.3 Å². The van der Waals surface area contributed by atoms with Crippen molar-refractivity contribution in [2.75, 3.05) is 28.4 Å². The Hall–Kier alpha value is -3.07. The van der Waals surface area contributed by atoms with Gasteiger partial charge in [0.15, 0.2) is 17.2 Å². The fourth-order valence-corrected chi connectivity index (χ4v) is 2.87. The van der Waals surface area contributed by atoms with Crippen LogP contribution in [0.15, 0.2) is 33.7 Å². The van der Waals surface area contributed by atoms with Crippen molar-refractivity contribution >= 4 is 34.2 Å². The van der Waals surface area contributed by atoms with E-state index < -0.39 is 5.97 Å². The van der Waals surface area contributed by atoms with Crippen molar-refractivity contribution < 1.29 is 28.9 Å². The van der Waals surface area contributed by atoms with Crippen LogP contribution in [0.1, 0.15) is 11.1 Å². The maximum atomic E-state index is 11.2. The highest BCUT2D eigenvalue weighted by Crippen LogP contribution is 2.38. The molecule has 1 aromatic carbocycles. The molecule has 1 N–H and O–H groups in total. The van der Waals surface area contributed by atoms with Crippen LogP contribution < -0.4 is 14.2 Å². The quantitative estimate of drug-likeness (QED) is 0.560. The molecular formula is C17H18N2O6S. The number of oxime groups is 1. The van der Waals surface area contributed by atoms with Gasteiger partial charge in [0.2, 0.25) is 5.75 Å². The van der Waals surface area contributed by atoms with E-state index in [1.807, 2.05) is 0 Å². The minimum atomic E-state index is -1.18. The zero-order valence-corrected chi connectivity index (χ0v) is 15.5. The second-order valence-corrected chi connectivity index (χ2v) is 5.71. The van der Waals surface area contributed by atoms with Crippen molar-refractivity contribution in [2.45, 2.75) is 0 Å². The van der Waals surface area contributed by atoms with Gasteiger partial charge in [-0.1, -0.05) is 5.16 Å². The molecular weight excluding hydrogens is 360 g/mol. The van der Waals surface area contributed by atoms with Crippen molar-refractivity contribution in [2.24, 2.45) is 10.1 Å². The Morgan fingerprint density at radius 3 is 2.23 bits per heavy atom. The number of carbonyl (C=O) groups is 1. The zero-order chi connectivity index (χ0) is 19.1. The lowest BCUT2D eigenvalue weighted by atomic mass is 10.2. The summed E-state index contributed by atoms with van der Waals surface area (Å²) in [7, 11) is 5.89. The van der Waals surface area contributed by atoms with E-state index >= 15 is 0 Å². The number of carboxylic acids is 1. The molecule has 2 rings (SSSR count). The molecule has 138 valence electrons. The van der Waals surface area contributed by atoms with E-state index in [0.717, 1.165) is 5.56 Å². The van der Waals surface area contributed by atoms with Crippen LogP contribution in [0.3, 0.4) is 0 Å². The van der Waals surface area contributed by atoms with Crippen LogP contribution in [0.4, 0.5) is 5.00 Å². The third-order valence-electron chi connectivity index (χ3n) is 3.27. The molecule has 1 heterocycles. The van der Waals surface area contributed by atoms with Gasteiger partial charge in [0.05, 0.1) is 21.3 Å².